The molecule has 1 aromatic heterocycles. The maximum Gasteiger partial charge on any atom is 0.249 e. The monoisotopic (exact) mass is 266 g/mol. The second-order valence-electron chi connectivity index (χ2n) is 3.33. The minimum absolute atomic E-state index is 0.442. The van der Waals surface area contributed by atoms with Crippen LogP contribution in [0.15, 0.2) is 27.4 Å². The van der Waals surface area contributed by atoms with Gasteiger partial charge in [0.2, 0.25) is 5.91 Å². The van der Waals surface area contributed by atoms with Gasteiger partial charge >= 0.3 is 0 Å². The third-order valence-corrected chi connectivity index (χ3v) is 3.88. The Morgan fingerprint density at radius 1 is 1.47 bits per heavy atom. The predicted molar refractivity (Wildman–Crippen MR) is 68.1 cm³/mol. The van der Waals surface area contributed by atoms with E-state index >= 15 is 0 Å². The van der Waals surface area contributed by atoms with E-state index in [2.05, 4.69) is 9.36 Å². The smallest absolute Gasteiger partial charge is 0.249 e. The maximum absolute atomic E-state index is 11.3. The minimum Gasteiger partial charge on any atom is -0.399 e. The Morgan fingerprint density at radius 3 is 2.82 bits per heavy atom. The van der Waals surface area contributed by atoms with E-state index in [0.717, 1.165) is 4.34 Å². The van der Waals surface area contributed by atoms with Crippen molar-refractivity contribution in [1.29, 1.82) is 0 Å². The lowest BCUT2D eigenvalue weighted by Crippen LogP contribution is -2.12. The molecule has 0 spiro atoms. The summed E-state index contributed by atoms with van der Waals surface area (Å²) in [5, 5.41) is 0. The van der Waals surface area contributed by atoms with Crippen molar-refractivity contribution in [1.82, 2.24) is 9.36 Å². The van der Waals surface area contributed by atoms with Gasteiger partial charge in [-0.1, -0.05) is 11.8 Å². The van der Waals surface area contributed by atoms with Crippen LogP contribution in [0.3, 0.4) is 0 Å². The molecule has 1 aromatic carbocycles. The second kappa shape index (κ2) is 4.72. The summed E-state index contributed by atoms with van der Waals surface area (Å²) in [7, 11) is 0. The van der Waals surface area contributed by atoms with Crippen LogP contribution in [0.4, 0.5) is 5.69 Å². The topological polar surface area (TPSA) is 94.9 Å². The highest BCUT2D eigenvalue weighted by Crippen LogP contribution is 2.32. The zero-order valence-corrected chi connectivity index (χ0v) is 10.6. The van der Waals surface area contributed by atoms with Crippen LogP contribution in [0.2, 0.25) is 0 Å². The largest absolute Gasteiger partial charge is 0.399 e. The molecule has 0 saturated carbocycles. The number of carbonyl (C=O) groups is 1. The van der Waals surface area contributed by atoms with Gasteiger partial charge in [-0.2, -0.15) is 4.37 Å². The van der Waals surface area contributed by atoms with Crippen molar-refractivity contribution in [2.45, 2.75) is 16.2 Å². The van der Waals surface area contributed by atoms with Crippen LogP contribution >= 0.6 is 23.3 Å². The Kier molecular flexibility index (Phi) is 3.30. The summed E-state index contributed by atoms with van der Waals surface area (Å²) in [6, 6.07) is 4.98. The quantitative estimate of drug-likeness (QED) is 0.824. The fourth-order valence-corrected chi connectivity index (χ4v) is 3.03. The average Bonchev–Trinajstić information content (AvgIpc) is 2.63. The van der Waals surface area contributed by atoms with E-state index in [-0.39, 0.29) is 0 Å². The number of carbonyl (C=O) groups excluding carboxylic acids is 1. The van der Waals surface area contributed by atoms with Gasteiger partial charge < -0.3 is 11.5 Å². The summed E-state index contributed by atoms with van der Waals surface area (Å²) in [4.78, 5) is 16.2. The summed E-state index contributed by atoms with van der Waals surface area (Å²) < 4.78 is 4.83. The molecule has 0 unspecified atom stereocenters. The molecular weight excluding hydrogens is 256 g/mol. The van der Waals surface area contributed by atoms with Crippen molar-refractivity contribution in [2.24, 2.45) is 5.73 Å². The molecule has 0 radical (unpaired) electrons. The number of nitrogen functional groups attached to an aromatic ring is 1. The van der Waals surface area contributed by atoms with E-state index in [9.17, 15) is 4.79 Å². The zero-order chi connectivity index (χ0) is 12.4. The number of anilines is 1. The van der Waals surface area contributed by atoms with Crippen LogP contribution < -0.4 is 11.5 Å². The maximum atomic E-state index is 11.3. The molecule has 7 heteroatoms. The Labute approximate surface area is 106 Å². The minimum atomic E-state index is -0.478. The molecule has 1 heterocycles. The summed E-state index contributed by atoms with van der Waals surface area (Å²) in [5.74, 6) is 0.232. The number of benzene rings is 1. The van der Waals surface area contributed by atoms with Crippen LogP contribution in [0.1, 0.15) is 16.2 Å². The fraction of sp³-hybridized carbons (Fsp3) is 0.100. The normalized spacial score (nSPS) is 10.4. The van der Waals surface area contributed by atoms with Crippen molar-refractivity contribution in [2.75, 3.05) is 5.73 Å². The summed E-state index contributed by atoms with van der Waals surface area (Å²) >= 11 is 2.62. The number of aryl methyl sites for hydroxylation is 1. The number of aromatic nitrogens is 2. The second-order valence-corrected chi connectivity index (χ2v) is 5.37. The molecule has 0 bridgehead atoms. The summed E-state index contributed by atoms with van der Waals surface area (Å²) in [6.07, 6.45) is 0. The van der Waals surface area contributed by atoms with E-state index in [4.69, 9.17) is 11.5 Å². The Hall–Kier alpha value is -1.60. The van der Waals surface area contributed by atoms with Crippen LogP contribution in [-0.4, -0.2) is 15.3 Å². The van der Waals surface area contributed by atoms with E-state index in [1.165, 1.54) is 23.3 Å². The number of primary amides is 1. The van der Waals surface area contributed by atoms with Gasteiger partial charge in [-0.05, 0) is 36.7 Å². The van der Waals surface area contributed by atoms with Crippen LogP contribution in [0, 0.1) is 6.92 Å². The van der Waals surface area contributed by atoms with E-state index in [1.807, 2.05) is 6.92 Å². The molecule has 88 valence electrons. The molecule has 0 aliphatic carbocycles. The molecule has 0 saturated heterocycles. The Balaban J connectivity index is 2.37. The highest BCUT2D eigenvalue weighted by molar-refractivity contribution is 8.01. The molecule has 0 aliphatic rings. The van der Waals surface area contributed by atoms with Gasteiger partial charge in [0, 0.05) is 10.6 Å². The van der Waals surface area contributed by atoms with Crippen molar-refractivity contribution >= 4 is 34.9 Å². The van der Waals surface area contributed by atoms with E-state index in [1.54, 1.807) is 18.2 Å². The fourth-order valence-electron chi connectivity index (χ4n) is 1.24. The Morgan fingerprint density at radius 2 is 2.24 bits per heavy atom. The molecule has 0 aliphatic heterocycles. The van der Waals surface area contributed by atoms with Gasteiger partial charge in [-0.15, -0.1) is 0 Å². The van der Waals surface area contributed by atoms with Gasteiger partial charge in [-0.25, -0.2) is 4.98 Å². The highest BCUT2D eigenvalue weighted by atomic mass is 32.2. The predicted octanol–water partition coefficient (Wildman–Crippen LogP) is 1.68. The number of nitrogens with two attached hydrogens (primary N) is 2. The van der Waals surface area contributed by atoms with Gasteiger partial charge in [0.1, 0.15) is 5.82 Å². The molecule has 4 N–H and O–H groups in total. The first kappa shape index (κ1) is 11.9. The molecular formula is C10H10N4OS2. The van der Waals surface area contributed by atoms with E-state index < -0.39 is 5.91 Å². The van der Waals surface area contributed by atoms with Crippen molar-refractivity contribution < 1.29 is 4.79 Å². The molecule has 5 nitrogen and oxygen atoms in total. The van der Waals surface area contributed by atoms with Gasteiger partial charge in [0.15, 0.2) is 4.34 Å². The third kappa shape index (κ3) is 2.75. The van der Waals surface area contributed by atoms with E-state index in [0.29, 0.717) is 22.0 Å². The Bertz CT molecular complexity index is 567. The number of amides is 1. The first-order valence-corrected chi connectivity index (χ1v) is 6.33. The summed E-state index contributed by atoms with van der Waals surface area (Å²) in [6.45, 7) is 1.81. The van der Waals surface area contributed by atoms with Crippen LogP contribution in [-0.2, 0) is 0 Å². The van der Waals surface area contributed by atoms with Crippen LogP contribution in [0.5, 0.6) is 0 Å². The van der Waals surface area contributed by atoms with Crippen molar-refractivity contribution in [3.63, 3.8) is 0 Å². The van der Waals surface area contributed by atoms with Gasteiger partial charge in [-0.3, -0.25) is 4.79 Å². The molecule has 0 fully saturated rings. The molecule has 2 rings (SSSR count). The lowest BCUT2D eigenvalue weighted by Gasteiger charge is -2.04. The van der Waals surface area contributed by atoms with Crippen molar-refractivity contribution in [3.05, 3.63) is 29.6 Å². The standard InChI is InChI=1S/C10H10N4OS2/c1-5-13-10(17-14-5)16-8-4-6(11)2-3-7(8)9(12)15/h2-4H,11H2,1H3,(H2,12,15). The van der Waals surface area contributed by atoms with Gasteiger partial charge in [0.05, 0.1) is 5.56 Å². The third-order valence-electron chi connectivity index (χ3n) is 1.98. The first-order valence-electron chi connectivity index (χ1n) is 4.74. The average molecular weight is 266 g/mol. The highest BCUT2D eigenvalue weighted by Gasteiger charge is 2.12. The number of hydrogen-bond acceptors (Lipinski definition) is 6. The summed E-state index contributed by atoms with van der Waals surface area (Å²) in [5.41, 5.74) is 12.0. The van der Waals surface area contributed by atoms with Crippen LogP contribution in [0.25, 0.3) is 0 Å². The lowest BCUT2D eigenvalue weighted by atomic mass is 10.2. The lowest BCUT2D eigenvalue weighted by molar-refractivity contribution is 0.0997. The first-order chi connectivity index (χ1) is 8.06. The SMILES string of the molecule is Cc1nsc(Sc2cc(N)ccc2C(N)=O)n1. The number of nitrogens with zero attached hydrogens (tertiary/aromatic N) is 2. The van der Waals surface area contributed by atoms with Gasteiger partial charge in [0.25, 0.3) is 0 Å². The zero-order valence-electron chi connectivity index (χ0n) is 9.01. The molecule has 0 atom stereocenters. The molecule has 17 heavy (non-hydrogen) atoms. The molecule has 2 aromatic rings. The molecule has 1 amide bonds. The number of rotatable bonds is 3. The number of hydrogen-bond donors (Lipinski definition) is 2. The van der Waals surface area contributed by atoms with Crippen molar-refractivity contribution in [3.8, 4) is 0 Å².